The summed E-state index contributed by atoms with van der Waals surface area (Å²) in [4.78, 5) is 0. The van der Waals surface area contributed by atoms with E-state index in [1.807, 2.05) is 17.8 Å². The van der Waals surface area contributed by atoms with Gasteiger partial charge in [-0.25, -0.2) is 0 Å². The van der Waals surface area contributed by atoms with Gasteiger partial charge in [0.25, 0.3) is 0 Å². The fourth-order valence-electron chi connectivity index (χ4n) is 2.12. The first kappa shape index (κ1) is 16.3. The molecule has 0 aliphatic carbocycles. The molecule has 0 aliphatic rings. The average Bonchev–Trinajstić information content (AvgIpc) is 2.74. The minimum absolute atomic E-state index is 0.0411. The van der Waals surface area contributed by atoms with Crippen LogP contribution in [0.4, 0.5) is 0 Å². The van der Waals surface area contributed by atoms with Crippen LogP contribution in [-0.4, -0.2) is 16.3 Å². The van der Waals surface area contributed by atoms with Crippen molar-refractivity contribution in [3.63, 3.8) is 0 Å². The summed E-state index contributed by atoms with van der Waals surface area (Å²) in [6.07, 6.45) is 2.76. The van der Waals surface area contributed by atoms with Crippen molar-refractivity contribution in [2.75, 3.05) is 6.54 Å². The maximum atomic E-state index is 6.32. The second-order valence-electron chi connectivity index (χ2n) is 4.55. The molecule has 1 N–H and O–H groups in total. The molecule has 0 saturated carbocycles. The van der Waals surface area contributed by atoms with Crippen molar-refractivity contribution in [3.8, 4) is 0 Å². The Bertz CT molecular complexity index is 581. The minimum Gasteiger partial charge on any atom is -0.305 e. The lowest BCUT2D eigenvalue weighted by molar-refractivity contribution is 0.552. The Morgan fingerprint density at radius 1 is 1.50 bits per heavy atom. The van der Waals surface area contributed by atoms with Crippen LogP contribution in [0.5, 0.6) is 0 Å². The summed E-state index contributed by atoms with van der Waals surface area (Å²) in [6.45, 7) is 3.08. The Labute approximate surface area is 146 Å². The molecule has 0 fully saturated rings. The number of halogens is 3. The van der Waals surface area contributed by atoms with E-state index in [0.29, 0.717) is 5.02 Å². The molecule has 0 aliphatic heterocycles. The molecule has 1 atom stereocenters. The number of nitrogens with zero attached hydrogens (tertiary/aromatic N) is 2. The van der Waals surface area contributed by atoms with E-state index in [1.54, 1.807) is 6.20 Å². The second-order valence-corrected chi connectivity index (χ2v) is 7.04. The van der Waals surface area contributed by atoms with Crippen LogP contribution in [0.15, 0.2) is 28.9 Å². The molecule has 108 valence electrons. The molecule has 1 heterocycles. The van der Waals surface area contributed by atoms with E-state index in [2.05, 4.69) is 68.0 Å². The fraction of sp³-hybridized carbons (Fsp3) is 0.357. The van der Waals surface area contributed by atoms with Crippen molar-refractivity contribution in [2.45, 2.75) is 19.4 Å². The van der Waals surface area contributed by atoms with Gasteiger partial charge in [0.1, 0.15) is 0 Å². The SMILES string of the molecule is CCCNC(c1cc(Br)ccc1I)c1c(Cl)cnn1C. The van der Waals surface area contributed by atoms with Crippen LogP contribution < -0.4 is 5.32 Å². The average molecular weight is 469 g/mol. The third kappa shape index (κ3) is 3.55. The summed E-state index contributed by atoms with van der Waals surface area (Å²) < 4.78 is 4.11. The normalized spacial score (nSPS) is 12.7. The van der Waals surface area contributed by atoms with Gasteiger partial charge in [-0.15, -0.1) is 0 Å². The van der Waals surface area contributed by atoms with Gasteiger partial charge in [0, 0.05) is 15.1 Å². The smallest absolute Gasteiger partial charge is 0.0837 e. The van der Waals surface area contributed by atoms with Gasteiger partial charge in [-0.1, -0.05) is 34.5 Å². The van der Waals surface area contributed by atoms with Crippen LogP contribution in [0.25, 0.3) is 0 Å². The topological polar surface area (TPSA) is 29.9 Å². The molecular formula is C14H16BrClIN3. The van der Waals surface area contributed by atoms with Gasteiger partial charge in [-0.3, -0.25) is 4.68 Å². The number of nitrogens with one attached hydrogen (secondary N) is 1. The van der Waals surface area contributed by atoms with E-state index in [-0.39, 0.29) is 6.04 Å². The number of hydrogen-bond donors (Lipinski definition) is 1. The van der Waals surface area contributed by atoms with Gasteiger partial charge in [-0.05, 0) is 59.3 Å². The molecule has 1 aromatic carbocycles. The van der Waals surface area contributed by atoms with Gasteiger partial charge in [0.05, 0.1) is 23.0 Å². The molecule has 2 rings (SSSR count). The maximum Gasteiger partial charge on any atom is 0.0837 e. The summed E-state index contributed by atoms with van der Waals surface area (Å²) in [5, 5.41) is 8.51. The highest BCUT2D eigenvalue weighted by atomic mass is 127. The first-order valence-corrected chi connectivity index (χ1v) is 8.65. The number of aryl methyl sites for hydroxylation is 1. The monoisotopic (exact) mass is 467 g/mol. The Hall–Kier alpha value is -0.110. The lowest BCUT2D eigenvalue weighted by Crippen LogP contribution is -2.26. The Morgan fingerprint density at radius 2 is 2.25 bits per heavy atom. The highest BCUT2D eigenvalue weighted by molar-refractivity contribution is 14.1. The third-order valence-corrected chi connectivity index (χ3v) is 4.85. The van der Waals surface area contributed by atoms with E-state index in [9.17, 15) is 0 Å². The minimum atomic E-state index is 0.0411. The third-order valence-electron chi connectivity index (χ3n) is 3.08. The standard InChI is InChI=1S/C14H16BrClIN3/c1-3-6-18-13(14-11(16)8-19-20(14)2)10-7-9(15)4-5-12(10)17/h4-5,7-8,13,18H,3,6H2,1-2H3. The maximum absolute atomic E-state index is 6.32. The largest absolute Gasteiger partial charge is 0.305 e. The van der Waals surface area contributed by atoms with Crippen LogP contribution in [0.2, 0.25) is 5.02 Å². The van der Waals surface area contributed by atoms with E-state index in [4.69, 9.17) is 11.6 Å². The number of rotatable bonds is 5. The summed E-state index contributed by atoms with van der Waals surface area (Å²) in [6, 6.07) is 6.33. The van der Waals surface area contributed by atoms with E-state index in [1.165, 1.54) is 9.13 Å². The zero-order valence-corrected chi connectivity index (χ0v) is 15.8. The highest BCUT2D eigenvalue weighted by Crippen LogP contribution is 2.32. The molecule has 20 heavy (non-hydrogen) atoms. The summed E-state index contributed by atoms with van der Waals surface area (Å²) >= 11 is 12.2. The van der Waals surface area contributed by atoms with Crippen molar-refractivity contribution >= 4 is 50.1 Å². The lowest BCUT2D eigenvalue weighted by atomic mass is 10.0. The van der Waals surface area contributed by atoms with Gasteiger partial charge in [0.15, 0.2) is 0 Å². The molecule has 0 amide bonds. The summed E-state index contributed by atoms with van der Waals surface area (Å²) in [5.74, 6) is 0. The highest BCUT2D eigenvalue weighted by Gasteiger charge is 2.22. The molecule has 6 heteroatoms. The van der Waals surface area contributed by atoms with Crippen LogP contribution in [0.1, 0.15) is 30.6 Å². The van der Waals surface area contributed by atoms with Crippen molar-refractivity contribution in [1.82, 2.24) is 15.1 Å². The molecule has 1 unspecified atom stereocenters. The van der Waals surface area contributed by atoms with Crippen molar-refractivity contribution in [1.29, 1.82) is 0 Å². The predicted molar refractivity (Wildman–Crippen MR) is 95.2 cm³/mol. The lowest BCUT2D eigenvalue weighted by Gasteiger charge is -2.21. The van der Waals surface area contributed by atoms with E-state index < -0.39 is 0 Å². The number of hydrogen-bond acceptors (Lipinski definition) is 2. The quantitative estimate of drug-likeness (QED) is 0.654. The Kier molecular flexibility index (Phi) is 5.89. The van der Waals surface area contributed by atoms with Crippen LogP contribution >= 0.6 is 50.1 Å². The van der Waals surface area contributed by atoms with Crippen molar-refractivity contribution in [3.05, 3.63) is 48.7 Å². The molecule has 0 saturated heterocycles. The van der Waals surface area contributed by atoms with Crippen molar-refractivity contribution in [2.24, 2.45) is 7.05 Å². The summed E-state index contributed by atoms with van der Waals surface area (Å²) in [5.41, 5.74) is 2.20. The first-order valence-electron chi connectivity index (χ1n) is 6.40. The fourth-order valence-corrected chi connectivity index (χ4v) is 3.42. The van der Waals surface area contributed by atoms with E-state index >= 15 is 0 Å². The molecular weight excluding hydrogens is 452 g/mol. The van der Waals surface area contributed by atoms with Gasteiger partial charge in [0.2, 0.25) is 0 Å². The predicted octanol–water partition coefficient (Wildman–Crippen LogP) is 4.53. The van der Waals surface area contributed by atoms with Gasteiger partial charge < -0.3 is 5.32 Å². The Balaban J connectivity index is 2.50. The molecule has 0 bridgehead atoms. The van der Waals surface area contributed by atoms with E-state index in [0.717, 1.165) is 23.1 Å². The number of aromatic nitrogens is 2. The van der Waals surface area contributed by atoms with Crippen LogP contribution in [0.3, 0.4) is 0 Å². The number of benzene rings is 1. The second kappa shape index (κ2) is 7.24. The molecule has 2 aromatic rings. The Morgan fingerprint density at radius 3 is 2.85 bits per heavy atom. The molecule has 1 aromatic heterocycles. The van der Waals surface area contributed by atoms with Crippen molar-refractivity contribution < 1.29 is 0 Å². The zero-order chi connectivity index (χ0) is 14.7. The van der Waals surface area contributed by atoms with Crippen LogP contribution in [0, 0.1) is 3.57 Å². The molecule has 0 radical (unpaired) electrons. The van der Waals surface area contributed by atoms with Gasteiger partial charge in [-0.2, -0.15) is 5.10 Å². The zero-order valence-electron chi connectivity index (χ0n) is 11.3. The summed E-state index contributed by atoms with van der Waals surface area (Å²) in [7, 11) is 1.92. The van der Waals surface area contributed by atoms with Gasteiger partial charge >= 0.3 is 0 Å². The first-order chi connectivity index (χ1) is 9.54. The molecule has 3 nitrogen and oxygen atoms in total. The molecule has 0 spiro atoms. The van der Waals surface area contributed by atoms with Crippen LogP contribution in [-0.2, 0) is 7.05 Å².